The maximum Gasteiger partial charge on any atom is 0.0340 e. The van der Waals surface area contributed by atoms with E-state index in [1.807, 2.05) is 18.2 Å². The Hall–Kier alpha value is -0.250. The topological polar surface area (TPSA) is 12.0 Å². The van der Waals surface area contributed by atoms with E-state index in [4.69, 9.17) is 0 Å². The van der Waals surface area contributed by atoms with Gasteiger partial charge in [-0.15, -0.1) is 0 Å². The van der Waals surface area contributed by atoms with Crippen LogP contribution in [0.4, 0.5) is 5.69 Å². The van der Waals surface area contributed by atoms with Gasteiger partial charge in [-0.25, -0.2) is 0 Å². The smallest absolute Gasteiger partial charge is 0.0340 e. The predicted octanol–water partition coefficient (Wildman–Crippen LogP) is 2.92. The minimum Gasteiger partial charge on any atom is -0.385 e. The first kappa shape index (κ1) is 8.84. The van der Waals surface area contributed by atoms with Gasteiger partial charge >= 0.3 is 0 Å². The van der Waals surface area contributed by atoms with Crippen LogP contribution in [0.3, 0.4) is 0 Å². The summed E-state index contributed by atoms with van der Waals surface area (Å²) in [6.45, 7) is 1.08. The standard InChI is InChI=1S/C9H12IN/c10-7-4-8-11-9-5-2-1-3-6-9/h1-3,5-6,11H,4,7-8H2. The van der Waals surface area contributed by atoms with Gasteiger partial charge < -0.3 is 5.32 Å². The van der Waals surface area contributed by atoms with Crippen molar-refractivity contribution in [1.29, 1.82) is 0 Å². The Morgan fingerprint density at radius 1 is 1.18 bits per heavy atom. The maximum absolute atomic E-state index is 3.34. The van der Waals surface area contributed by atoms with Crippen LogP contribution in [0, 0.1) is 0 Å². The average molecular weight is 261 g/mol. The summed E-state index contributed by atoms with van der Waals surface area (Å²) in [4.78, 5) is 0. The summed E-state index contributed by atoms with van der Waals surface area (Å²) in [5.41, 5.74) is 1.22. The summed E-state index contributed by atoms with van der Waals surface area (Å²) in [7, 11) is 0. The number of halogens is 1. The van der Waals surface area contributed by atoms with Gasteiger partial charge in [-0.2, -0.15) is 0 Å². The molecule has 1 rings (SSSR count). The van der Waals surface area contributed by atoms with Gasteiger partial charge in [0.2, 0.25) is 0 Å². The number of hydrogen-bond acceptors (Lipinski definition) is 1. The molecule has 0 aromatic heterocycles. The molecule has 0 aliphatic rings. The Balaban J connectivity index is 2.28. The third-order valence-electron chi connectivity index (χ3n) is 1.41. The van der Waals surface area contributed by atoms with Gasteiger partial charge in [0.1, 0.15) is 0 Å². The third kappa shape index (κ3) is 3.60. The fourth-order valence-corrected chi connectivity index (χ4v) is 1.24. The Bertz CT molecular complexity index is 186. The van der Waals surface area contributed by atoms with Crippen molar-refractivity contribution >= 4 is 28.3 Å². The van der Waals surface area contributed by atoms with E-state index in [9.17, 15) is 0 Å². The zero-order valence-corrected chi connectivity index (χ0v) is 8.54. The first-order valence-electron chi connectivity index (χ1n) is 3.78. The van der Waals surface area contributed by atoms with Crippen LogP contribution in [0.15, 0.2) is 30.3 Å². The van der Waals surface area contributed by atoms with Crippen molar-refractivity contribution in [1.82, 2.24) is 0 Å². The van der Waals surface area contributed by atoms with E-state index in [0.29, 0.717) is 0 Å². The van der Waals surface area contributed by atoms with E-state index >= 15 is 0 Å². The molecule has 0 saturated heterocycles. The Labute approximate surface area is 81.3 Å². The molecule has 1 N–H and O–H groups in total. The van der Waals surface area contributed by atoms with Crippen LogP contribution in [0.5, 0.6) is 0 Å². The van der Waals surface area contributed by atoms with E-state index in [0.717, 1.165) is 6.54 Å². The van der Waals surface area contributed by atoms with Crippen LogP contribution in [-0.2, 0) is 0 Å². The van der Waals surface area contributed by atoms with Gasteiger partial charge in [-0.3, -0.25) is 0 Å². The highest BCUT2D eigenvalue weighted by atomic mass is 127. The lowest BCUT2D eigenvalue weighted by molar-refractivity contribution is 1.01. The first-order chi connectivity index (χ1) is 5.43. The number of hydrogen-bond donors (Lipinski definition) is 1. The monoisotopic (exact) mass is 261 g/mol. The van der Waals surface area contributed by atoms with E-state index < -0.39 is 0 Å². The van der Waals surface area contributed by atoms with E-state index in [-0.39, 0.29) is 0 Å². The SMILES string of the molecule is ICCCNc1ccccc1. The molecule has 0 amide bonds. The highest BCUT2D eigenvalue weighted by molar-refractivity contribution is 14.1. The minimum absolute atomic E-state index is 1.08. The molecule has 0 aliphatic carbocycles. The van der Waals surface area contributed by atoms with Crippen molar-refractivity contribution in [3.8, 4) is 0 Å². The van der Waals surface area contributed by atoms with E-state index in [1.54, 1.807) is 0 Å². The predicted molar refractivity (Wildman–Crippen MR) is 58.4 cm³/mol. The molecule has 1 nitrogen and oxygen atoms in total. The highest BCUT2D eigenvalue weighted by Crippen LogP contribution is 2.04. The van der Waals surface area contributed by atoms with E-state index in [1.165, 1.54) is 16.5 Å². The van der Waals surface area contributed by atoms with Crippen LogP contribution in [0.2, 0.25) is 0 Å². The number of benzene rings is 1. The van der Waals surface area contributed by atoms with Gasteiger partial charge in [0.05, 0.1) is 0 Å². The van der Waals surface area contributed by atoms with Gasteiger partial charge in [0.15, 0.2) is 0 Å². The number of alkyl halides is 1. The van der Waals surface area contributed by atoms with Crippen LogP contribution in [-0.4, -0.2) is 11.0 Å². The fourth-order valence-electron chi connectivity index (χ4n) is 0.856. The zero-order valence-electron chi connectivity index (χ0n) is 6.39. The molecular formula is C9H12IN. The van der Waals surface area contributed by atoms with Crippen LogP contribution >= 0.6 is 22.6 Å². The maximum atomic E-state index is 3.34. The van der Waals surface area contributed by atoms with Gasteiger partial charge in [-0.1, -0.05) is 40.8 Å². The second-order valence-corrected chi connectivity index (χ2v) is 3.41. The average Bonchev–Trinajstić information content (AvgIpc) is 2.07. The molecule has 2 heteroatoms. The molecule has 0 radical (unpaired) electrons. The van der Waals surface area contributed by atoms with Crippen molar-refractivity contribution in [2.75, 3.05) is 16.3 Å². The normalized spacial score (nSPS) is 9.55. The molecule has 11 heavy (non-hydrogen) atoms. The molecule has 0 spiro atoms. The van der Waals surface area contributed by atoms with Gasteiger partial charge in [0, 0.05) is 16.7 Å². The molecule has 0 saturated carbocycles. The van der Waals surface area contributed by atoms with Crippen molar-refractivity contribution < 1.29 is 0 Å². The van der Waals surface area contributed by atoms with Gasteiger partial charge in [-0.05, 0) is 18.6 Å². The Morgan fingerprint density at radius 2 is 1.91 bits per heavy atom. The molecule has 0 bridgehead atoms. The van der Waals surface area contributed by atoms with E-state index in [2.05, 4.69) is 40.0 Å². The molecule has 0 fully saturated rings. The fraction of sp³-hybridized carbons (Fsp3) is 0.333. The lowest BCUT2D eigenvalue weighted by Crippen LogP contribution is -2.00. The summed E-state index contributed by atoms with van der Waals surface area (Å²) >= 11 is 2.39. The number of para-hydroxylation sites is 1. The van der Waals surface area contributed by atoms with Crippen molar-refractivity contribution in [2.45, 2.75) is 6.42 Å². The number of rotatable bonds is 4. The second-order valence-electron chi connectivity index (χ2n) is 2.34. The molecule has 0 aliphatic heterocycles. The highest BCUT2D eigenvalue weighted by Gasteiger charge is 1.86. The summed E-state index contributed by atoms with van der Waals surface area (Å²) in [6, 6.07) is 10.3. The molecule has 1 aromatic carbocycles. The lowest BCUT2D eigenvalue weighted by Gasteiger charge is -2.02. The van der Waals surface area contributed by atoms with Crippen LogP contribution in [0.1, 0.15) is 6.42 Å². The van der Waals surface area contributed by atoms with Crippen molar-refractivity contribution in [3.05, 3.63) is 30.3 Å². The Kier molecular flexibility index (Phi) is 4.35. The summed E-state index contributed by atoms with van der Waals surface area (Å²) in [5.74, 6) is 0. The molecule has 60 valence electrons. The Morgan fingerprint density at radius 3 is 2.55 bits per heavy atom. The van der Waals surface area contributed by atoms with Crippen LogP contribution in [0.25, 0.3) is 0 Å². The quantitative estimate of drug-likeness (QED) is 0.499. The third-order valence-corrected chi connectivity index (χ3v) is 2.18. The summed E-state index contributed by atoms with van der Waals surface area (Å²) in [5, 5.41) is 3.34. The molecule has 1 aromatic rings. The van der Waals surface area contributed by atoms with Crippen molar-refractivity contribution in [2.24, 2.45) is 0 Å². The largest absolute Gasteiger partial charge is 0.385 e. The van der Waals surface area contributed by atoms with Crippen molar-refractivity contribution in [3.63, 3.8) is 0 Å². The molecule has 0 atom stereocenters. The number of anilines is 1. The number of nitrogens with one attached hydrogen (secondary N) is 1. The van der Waals surface area contributed by atoms with Gasteiger partial charge in [0.25, 0.3) is 0 Å². The molecule has 0 heterocycles. The van der Waals surface area contributed by atoms with Crippen LogP contribution < -0.4 is 5.32 Å². The summed E-state index contributed by atoms with van der Waals surface area (Å²) < 4.78 is 1.22. The summed E-state index contributed by atoms with van der Waals surface area (Å²) in [6.07, 6.45) is 1.23. The second kappa shape index (κ2) is 5.41. The lowest BCUT2D eigenvalue weighted by atomic mass is 10.3. The molecule has 0 unspecified atom stereocenters. The molecular weight excluding hydrogens is 249 g/mol. The first-order valence-corrected chi connectivity index (χ1v) is 5.31. The minimum atomic E-state index is 1.08. The zero-order chi connectivity index (χ0) is 7.94.